The molecular formula is C28H28N2O. The molecule has 3 aromatic carbocycles. The monoisotopic (exact) mass is 408 g/mol. The second kappa shape index (κ2) is 8.07. The number of carbonyl (C=O) groups excluding carboxylic acids is 1. The first kappa shape index (κ1) is 19.6. The van der Waals surface area contributed by atoms with Crippen LogP contribution in [0.1, 0.15) is 52.4 Å². The number of amides is 1. The molecular weight excluding hydrogens is 380 g/mol. The van der Waals surface area contributed by atoms with Gasteiger partial charge in [-0.1, -0.05) is 60.2 Å². The van der Waals surface area contributed by atoms with Gasteiger partial charge in [-0.15, -0.1) is 0 Å². The predicted molar refractivity (Wildman–Crippen MR) is 128 cm³/mol. The van der Waals surface area contributed by atoms with Crippen molar-refractivity contribution in [3.8, 4) is 0 Å². The van der Waals surface area contributed by atoms with Crippen molar-refractivity contribution in [3.05, 3.63) is 107 Å². The fourth-order valence-corrected chi connectivity index (χ4v) is 5.04. The normalized spacial score (nSPS) is 21.2. The smallest absolute Gasteiger partial charge is 0.258 e. The van der Waals surface area contributed by atoms with Crippen LogP contribution in [0.2, 0.25) is 0 Å². The maximum Gasteiger partial charge on any atom is 0.258 e. The number of nitrogens with zero attached hydrogens (tertiary/aromatic N) is 1. The molecule has 3 nitrogen and oxygen atoms in total. The molecule has 0 radical (unpaired) electrons. The van der Waals surface area contributed by atoms with Crippen LogP contribution in [0, 0.1) is 12.8 Å². The van der Waals surface area contributed by atoms with Gasteiger partial charge in [0, 0.05) is 29.4 Å². The Morgan fingerprint density at radius 1 is 1.03 bits per heavy atom. The van der Waals surface area contributed by atoms with Gasteiger partial charge in [0.05, 0.1) is 6.04 Å². The van der Waals surface area contributed by atoms with E-state index in [1.807, 2.05) is 48.2 Å². The van der Waals surface area contributed by atoms with Gasteiger partial charge >= 0.3 is 0 Å². The summed E-state index contributed by atoms with van der Waals surface area (Å²) in [6.45, 7) is 4.79. The third-order valence-electron chi connectivity index (χ3n) is 6.68. The summed E-state index contributed by atoms with van der Waals surface area (Å²) in [4.78, 5) is 15.2. The van der Waals surface area contributed by atoms with Gasteiger partial charge in [-0.2, -0.15) is 0 Å². The summed E-state index contributed by atoms with van der Waals surface area (Å²) in [5, 5.41) is 3.78. The molecule has 0 fully saturated rings. The minimum absolute atomic E-state index is 0.0516. The second-order valence-electron chi connectivity index (χ2n) is 8.57. The zero-order valence-corrected chi connectivity index (χ0v) is 18.1. The average molecular weight is 409 g/mol. The average Bonchev–Trinajstić information content (AvgIpc) is 3.30. The van der Waals surface area contributed by atoms with E-state index in [2.05, 4.69) is 60.8 Å². The fourth-order valence-electron chi connectivity index (χ4n) is 5.04. The molecule has 3 heteroatoms. The zero-order chi connectivity index (χ0) is 21.4. The van der Waals surface area contributed by atoms with Crippen LogP contribution in [0.25, 0.3) is 0 Å². The number of rotatable bonds is 4. The van der Waals surface area contributed by atoms with Crippen LogP contribution >= 0.6 is 0 Å². The standard InChI is InChI=1S/C28H28N2O/c1-3-30(22-8-5-4-6-9-22)28(31)21-16-17-26-25(18-21)23-10-7-11-24(23)27(29-26)20-14-12-19(2)13-15-20/h4-10,12-18,23-24,27,29H,3,11H2,1-2H3. The topological polar surface area (TPSA) is 32.3 Å². The lowest BCUT2D eigenvalue weighted by Crippen LogP contribution is -2.32. The molecule has 31 heavy (non-hydrogen) atoms. The van der Waals surface area contributed by atoms with Crippen LogP contribution in [0.5, 0.6) is 0 Å². The number of para-hydroxylation sites is 1. The van der Waals surface area contributed by atoms with E-state index in [-0.39, 0.29) is 11.9 Å². The van der Waals surface area contributed by atoms with Gasteiger partial charge in [-0.25, -0.2) is 0 Å². The van der Waals surface area contributed by atoms with Gasteiger partial charge in [0.1, 0.15) is 0 Å². The summed E-state index contributed by atoms with van der Waals surface area (Å²) in [6.07, 6.45) is 5.68. The van der Waals surface area contributed by atoms with Gasteiger partial charge < -0.3 is 10.2 Å². The van der Waals surface area contributed by atoms with E-state index in [1.165, 1.54) is 16.7 Å². The van der Waals surface area contributed by atoms with Crippen molar-refractivity contribution in [1.29, 1.82) is 0 Å². The fraction of sp³-hybridized carbons (Fsp3) is 0.250. The van der Waals surface area contributed by atoms with Crippen LogP contribution in [0.15, 0.2) is 84.9 Å². The number of carbonyl (C=O) groups is 1. The molecule has 3 aromatic rings. The molecule has 0 saturated heterocycles. The number of hydrogen-bond acceptors (Lipinski definition) is 2. The molecule has 1 amide bonds. The lowest BCUT2D eigenvalue weighted by atomic mass is 9.76. The van der Waals surface area contributed by atoms with E-state index in [0.717, 1.165) is 23.4 Å². The van der Waals surface area contributed by atoms with E-state index in [1.54, 1.807) is 0 Å². The number of anilines is 2. The molecule has 0 saturated carbocycles. The largest absolute Gasteiger partial charge is 0.378 e. The van der Waals surface area contributed by atoms with Crippen molar-refractivity contribution >= 4 is 17.3 Å². The maximum atomic E-state index is 13.4. The van der Waals surface area contributed by atoms with Crippen molar-refractivity contribution in [2.75, 3.05) is 16.8 Å². The number of allylic oxidation sites excluding steroid dienone is 2. The number of nitrogens with one attached hydrogen (secondary N) is 1. The summed E-state index contributed by atoms with van der Waals surface area (Å²) in [5.41, 5.74) is 6.66. The Bertz CT molecular complexity index is 1120. The van der Waals surface area contributed by atoms with Gasteiger partial charge in [0.2, 0.25) is 0 Å². The minimum atomic E-state index is 0.0516. The Hall–Kier alpha value is -3.33. The lowest BCUT2D eigenvalue weighted by molar-refractivity contribution is 0.0988. The first-order valence-corrected chi connectivity index (χ1v) is 11.2. The number of hydrogen-bond donors (Lipinski definition) is 1. The highest BCUT2D eigenvalue weighted by Gasteiger charge is 2.38. The molecule has 1 N–H and O–H groups in total. The third-order valence-corrected chi connectivity index (χ3v) is 6.68. The Kier molecular flexibility index (Phi) is 5.11. The number of aryl methyl sites for hydroxylation is 1. The van der Waals surface area contributed by atoms with Gasteiger partial charge in [-0.05, 0) is 67.6 Å². The molecule has 1 aliphatic carbocycles. The molecule has 0 bridgehead atoms. The molecule has 0 aromatic heterocycles. The predicted octanol–water partition coefficient (Wildman–Crippen LogP) is 6.49. The highest BCUT2D eigenvalue weighted by Crippen LogP contribution is 2.50. The highest BCUT2D eigenvalue weighted by atomic mass is 16.2. The highest BCUT2D eigenvalue weighted by molar-refractivity contribution is 6.06. The molecule has 1 heterocycles. The number of fused-ring (bicyclic) bond motifs is 3. The van der Waals surface area contributed by atoms with Crippen molar-refractivity contribution < 1.29 is 4.79 Å². The number of benzene rings is 3. The van der Waals surface area contributed by atoms with Crippen LogP contribution in [-0.2, 0) is 0 Å². The van der Waals surface area contributed by atoms with Crippen LogP contribution in [0.4, 0.5) is 11.4 Å². The summed E-state index contributed by atoms with van der Waals surface area (Å²) < 4.78 is 0. The lowest BCUT2D eigenvalue weighted by Gasteiger charge is -2.38. The first-order chi connectivity index (χ1) is 15.2. The zero-order valence-electron chi connectivity index (χ0n) is 18.1. The quantitative estimate of drug-likeness (QED) is 0.501. The molecule has 156 valence electrons. The Labute approximate surface area is 184 Å². The van der Waals surface area contributed by atoms with E-state index in [0.29, 0.717) is 18.4 Å². The van der Waals surface area contributed by atoms with Gasteiger partial charge in [-0.3, -0.25) is 4.79 Å². The van der Waals surface area contributed by atoms with Crippen molar-refractivity contribution in [2.45, 2.75) is 32.2 Å². The first-order valence-electron chi connectivity index (χ1n) is 11.2. The Balaban J connectivity index is 1.48. The SMILES string of the molecule is CCN(C(=O)c1ccc2c(c1)C1C=CCC1C(c1ccc(C)cc1)N2)c1ccccc1. The molecule has 0 spiro atoms. The van der Waals surface area contributed by atoms with E-state index in [9.17, 15) is 4.79 Å². The minimum Gasteiger partial charge on any atom is -0.378 e. The Morgan fingerprint density at radius 3 is 2.55 bits per heavy atom. The van der Waals surface area contributed by atoms with Crippen LogP contribution in [-0.4, -0.2) is 12.5 Å². The van der Waals surface area contributed by atoms with Crippen molar-refractivity contribution in [3.63, 3.8) is 0 Å². The summed E-state index contributed by atoms with van der Waals surface area (Å²) in [5.74, 6) is 0.856. The third kappa shape index (κ3) is 3.54. The summed E-state index contributed by atoms with van der Waals surface area (Å²) in [6, 6.07) is 25.2. The van der Waals surface area contributed by atoms with E-state index >= 15 is 0 Å². The molecule has 3 unspecified atom stereocenters. The molecule has 5 rings (SSSR count). The van der Waals surface area contributed by atoms with E-state index < -0.39 is 0 Å². The van der Waals surface area contributed by atoms with Crippen molar-refractivity contribution in [2.24, 2.45) is 5.92 Å². The summed E-state index contributed by atoms with van der Waals surface area (Å²) in [7, 11) is 0. The Morgan fingerprint density at radius 2 is 1.81 bits per heavy atom. The second-order valence-corrected chi connectivity index (χ2v) is 8.57. The molecule has 1 aliphatic heterocycles. The maximum absolute atomic E-state index is 13.4. The van der Waals surface area contributed by atoms with Crippen LogP contribution in [0.3, 0.4) is 0 Å². The van der Waals surface area contributed by atoms with Gasteiger partial charge in [0.15, 0.2) is 0 Å². The van der Waals surface area contributed by atoms with Crippen molar-refractivity contribution in [1.82, 2.24) is 0 Å². The van der Waals surface area contributed by atoms with E-state index in [4.69, 9.17) is 0 Å². The molecule has 3 atom stereocenters. The van der Waals surface area contributed by atoms with Gasteiger partial charge in [0.25, 0.3) is 5.91 Å². The molecule has 2 aliphatic rings. The summed E-state index contributed by atoms with van der Waals surface area (Å²) >= 11 is 0. The van der Waals surface area contributed by atoms with Crippen LogP contribution < -0.4 is 10.2 Å².